The van der Waals surface area contributed by atoms with E-state index in [1.807, 2.05) is 23.6 Å². The van der Waals surface area contributed by atoms with Gasteiger partial charge in [-0.1, -0.05) is 24.3 Å². The summed E-state index contributed by atoms with van der Waals surface area (Å²) in [6.45, 7) is 0. The fourth-order valence-corrected chi connectivity index (χ4v) is 3.62. The van der Waals surface area contributed by atoms with Gasteiger partial charge in [0.05, 0.1) is 4.88 Å². The van der Waals surface area contributed by atoms with Crippen LogP contribution in [-0.2, 0) is 0 Å². The lowest BCUT2D eigenvalue weighted by Crippen LogP contribution is -1.97. The molecule has 17 heavy (non-hydrogen) atoms. The van der Waals surface area contributed by atoms with Crippen LogP contribution in [0, 0.1) is 0 Å². The minimum atomic E-state index is -0.516. The first-order valence-electron chi connectivity index (χ1n) is 5.76. The molecule has 0 spiro atoms. The minimum absolute atomic E-state index is 0.516. The molecular formula is C14H13BrOS. The molecule has 1 aromatic heterocycles. The third-order valence-corrected chi connectivity index (χ3v) is 5.12. The molecule has 1 saturated carbocycles. The summed E-state index contributed by atoms with van der Waals surface area (Å²) in [4.78, 5) is 0.976. The molecule has 0 amide bonds. The fraction of sp³-hybridized carbons (Fsp3) is 0.286. The van der Waals surface area contributed by atoms with E-state index in [1.165, 1.54) is 18.4 Å². The van der Waals surface area contributed by atoms with Crippen molar-refractivity contribution in [3.05, 3.63) is 56.2 Å². The smallest absolute Gasteiger partial charge is 0.114 e. The second-order valence-electron chi connectivity index (χ2n) is 4.48. The number of halogens is 1. The molecule has 1 aliphatic carbocycles. The highest BCUT2D eigenvalue weighted by Crippen LogP contribution is 2.40. The zero-order valence-electron chi connectivity index (χ0n) is 9.27. The molecule has 2 aromatic rings. The Bertz CT molecular complexity index is 513. The zero-order valence-corrected chi connectivity index (χ0v) is 11.7. The molecule has 1 nitrogen and oxygen atoms in total. The van der Waals surface area contributed by atoms with Gasteiger partial charge in [-0.25, -0.2) is 0 Å². The lowest BCUT2D eigenvalue weighted by Gasteiger charge is -2.10. The van der Waals surface area contributed by atoms with Gasteiger partial charge in [0.15, 0.2) is 0 Å². The van der Waals surface area contributed by atoms with Crippen LogP contribution in [0.5, 0.6) is 0 Å². The third kappa shape index (κ3) is 2.32. The van der Waals surface area contributed by atoms with Crippen LogP contribution >= 0.6 is 27.3 Å². The summed E-state index contributed by atoms with van der Waals surface area (Å²) in [6, 6.07) is 10.4. The van der Waals surface area contributed by atoms with Crippen LogP contribution in [0.15, 0.2) is 40.2 Å². The molecule has 1 aromatic carbocycles. The molecule has 0 bridgehead atoms. The van der Waals surface area contributed by atoms with Crippen LogP contribution in [0.3, 0.4) is 0 Å². The highest BCUT2D eigenvalue weighted by molar-refractivity contribution is 9.10. The largest absolute Gasteiger partial charge is 0.383 e. The van der Waals surface area contributed by atoms with Gasteiger partial charge in [-0.3, -0.25) is 0 Å². The molecule has 1 fully saturated rings. The van der Waals surface area contributed by atoms with Crippen LogP contribution in [-0.4, -0.2) is 5.11 Å². The van der Waals surface area contributed by atoms with Gasteiger partial charge in [0.1, 0.15) is 6.10 Å². The molecule has 1 heterocycles. The van der Waals surface area contributed by atoms with Gasteiger partial charge >= 0.3 is 0 Å². The second kappa shape index (κ2) is 4.56. The van der Waals surface area contributed by atoms with Crippen molar-refractivity contribution in [1.29, 1.82) is 0 Å². The van der Waals surface area contributed by atoms with E-state index in [4.69, 9.17) is 0 Å². The number of rotatable bonds is 3. The highest BCUT2D eigenvalue weighted by Gasteiger charge is 2.23. The average molecular weight is 309 g/mol. The Kier molecular flexibility index (Phi) is 3.07. The van der Waals surface area contributed by atoms with E-state index in [9.17, 15) is 5.11 Å². The van der Waals surface area contributed by atoms with Gasteiger partial charge in [-0.05, 0) is 57.3 Å². The first-order valence-corrected chi connectivity index (χ1v) is 7.44. The lowest BCUT2D eigenvalue weighted by atomic mass is 10.0. The summed E-state index contributed by atoms with van der Waals surface area (Å²) in [5.74, 6) is 0.773. The Morgan fingerprint density at radius 1 is 1.18 bits per heavy atom. The van der Waals surface area contributed by atoms with Crippen LogP contribution in [0.2, 0.25) is 0 Å². The van der Waals surface area contributed by atoms with Gasteiger partial charge in [-0.15, -0.1) is 11.3 Å². The van der Waals surface area contributed by atoms with Gasteiger partial charge in [0.2, 0.25) is 0 Å². The zero-order chi connectivity index (χ0) is 11.8. The van der Waals surface area contributed by atoms with Gasteiger partial charge < -0.3 is 5.11 Å². The third-order valence-electron chi connectivity index (χ3n) is 3.19. The monoisotopic (exact) mass is 308 g/mol. The number of benzene rings is 1. The van der Waals surface area contributed by atoms with Gasteiger partial charge in [-0.2, -0.15) is 0 Å². The Balaban J connectivity index is 1.86. The Morgan fingerprint density at radius 2 is 1.88 bits per heavy atom. The lowest BCUT2D eigenvalue weighted by molar-refractivity contribution is 0.223. The number of hydrogen-bond donors (Lipinski definition) is 1. The van der Waals surface area contributed by atoms with E-state index in [0.717, 1.165) is 20.8 Å². The molecule has 88 valence electrons. The van der Waals surface area contributed by atoms with E-state index in [1.54, 1.807) is 11.3 Å². The summed E-state index contributed by atoms with van der Waals surface area (Å²) in [6.07, 6.45) is 2.12. The molecule has 1 N–H and O–H groups in total. The number of thiophene rings is 1. The predicted molar refractivity (Wildman–Crippen MR) is 74.5 cm³/mol. The molecule has 0 saturated heterocycles. The van der Waals surface area contributed by atoms with Crippen molar-refractivity contribution >= 4 is 27.3 Å². The Labute approximate surface area is 113 Å². The summed E-state index contributed by atoms with van der Waals surface area (Å²) in [7, 11) is 0. The molecule has 0 aliphatic heterocycles. The average Bonchev–Trinajstić information content (AvgIpc) is 3.12. The normalized spacial score (nSPS) is 17.1. The molecule has 0 radical (unpaired) electrons. The van der Waals surface area contributed by atoms with Crippen molar-refractivity contribution in [2.75, 3.05) is 0 Å². The molecule has 3 heteroatoms. The summed E-state index contributed by atoms with van der Waals surface area (Å²) in [5.41, 5.74) is 2.38. The molecule has 1 aliphatic rings. The standard InChI is InChI=1S/C14H13BrOS/c15-12-7-8-17-14(12)13(16)11-5-3-10(4-6-11)9-1-2-9/h3-9,13,16H,1-2H2. The molecule has 1 unspecified atom stereocenters. The first-order chi connectivity index (χ1) is 8.25. The van der Waals surface area contributed by atoms with Crippen LogP contribution in [0.25, 0.3) is 0 Å². The summed E-state index contributed by atoms with van der Waals surface area (Å²) >= 11 is 5.04. The Hall–Kier alpha value is -0.640. The summed E-state index contributed by atoms with van der Waals surface area (Å²) < 4.78 is 0.987. The number of hydrogen-bond acceptors (Lipinski definition) is 2. The molecular weight excluding hydrogens is 296 g/mol. The van der Waals surface area contributed by atoms with Crippen molar-refractivity contribution in [2.24, 2.45) is 0 Å². The van der Waals surface area contributed by atoms with Crippen molar-refractivity contribution < 1.29 is 5.11 Å². The predicted octanol–water partition coefficient (Wildman–Crippen LogP) is 4.47. The molecule has 1 atom stereocenters. The Morgan fingerprint density at radius 3 is 2.41 bits per heavy atom. The number of aliphatic hydroxyl groups excluding tert-OH is 1. The van der Waals surface area contributed by atoms with Crippen molar-refractivity contribution in [2.45, 2.75) is 24.9 Å². The van der Waals surface area contributed by atoms with E-state index >= 15 is 0 Å². The minimum Gasteiger partial charge on any atom is -0.383 e. The molecule has 3 rings (SSSR count). The summed E-state index contributed by atoms with van der Waals surface area (Å²) in [5, 5.41) is 12.3. The van der Waals surface area contributed by atoms with Crippen LogP contribution in [0.1, 0.15) is 40.9 Å². The number of aliphatic hydroxyl groups is 1. The first kappa shape index (κ1) is 11.5. The van der Waals surface area contributed by atoms with Crippen molar-refractivity contribution in [1.82, 2.24) is 0 Å². The highest BCUT2D eigenvalue weighted by atomic mass is 79.9. The van der Waals surface area contributed by atoms with E-state index in [-0.39, 0.29) is 0 Å². The SMILES string of the molecule is OC(c1ccc(C2CC2)cc1)c1sccc1Br. The van der Waals surface area contributed by atoms with Crippen LogP contribution in [0.4, 0.5) is 0 Å². The van der Waals surface area contributed by atoms with Crippen LogP contribution < -0.4 is 0 Å². The van der Waals surface area contributed by atoms with E-state index in [0.29, 0.717) is 0 Å². The maximum absolute atomic E-state index is 10.3. The fourth-order valence-electron chi connectivity index (χ4n) is 2.02. The topological polar surface area (TPSA) is 20.2 Å². The second-order valence-corrected chi connectivity index (χ2v) is 6.28. The van der Waals surface area contributed by atoms with Gasteiger partial charge in [0.25, 0.3) is 0 Å². The maximum Gasteiger partial charge on any atom is 0.114 e. The van der Waals surface area contributed by atoms with Crippen molar-refractivity contribution in [3.63, 3.8) is 0 Å². The quantitative estimate of drug-likeness (QED) is 0.887. The maximum atomic E-state index is 10.3. The van der Waals surface area contributed by atoms with Crippen molar-refractivity contribution in [3.8, 4) is 0 Å². The van der Waals surface area contributed by atoms with E-state index in [2.05, 4.69) is 28.1 Å². The van der Waals surface area contributed by atoms with Gasteiger partial charge in [0, 0.05) is 4.47 Å². The van der Waals surface area contributed by atoms with E-state index < -0.39 is 6.10 Å².